The number of carbonyl (C=O) groups is 16. The highest BCUT2D eigenvalue weighted by Crippen LogP contribution is 2.22. The smallest absolute Gasteiger partial charge is 0.328 e. The van der Waals surface area contributed by atoms with Crippen molar-refractivity contribution in [1.82, 2.24) is 58.1 Å². The maximum Gasteiger partial charge on any atom is 0.328 e. The van der Waals surface area contributed by atoms with Crippen LogP contribution in [0.25, 0.3) is 0 Å². The van der Waals surface area contributed by atoms with E-state index < -0.39 is 218 Å². The van der Waals surface area contributed by atoms with Gasteiger partial charge in [-0.3, -0.25) is 71.9 Å². The molecule has 1 saturated heterocycles. The van der Waals surface area contributed by atoms with Gasteiger partial charge in [-0.15, -0.1) is 0 Å². The number of primary amides is 3. The lowest BCUT2D eigenvalue weighted by molar-refractivity contribution is -0.144. The average molecular weight is 1380 g/mol. The van der Waals surface area contributed by atoms with Gasteiger partial charge in [0.05, 0.1) is 25.5 Å². The number of carboxylic acid groups (broad SMARTS) is 2. The lowest BCUT2D eigenvalue weighted by Crippen LogP contribution is -2.61. The molecule has 540 valence electrons. The Bertz CT molecular complexity index is 3190. The summed E-state index contributed by atoms with van der Waals surface area (Å²) < 4.78 is 0. The lowest BCUT2D eigenvalue weighted by Gasteiger charge is -2.31. The van der Waals surface area contributed by atoms with Crippen LogP contribution in [-0.4, -0.2) is 217 Å². The molecule has 0 bridgehead atoms. The highest BCUT2D eigenvalue weighted by atomic mass is 16.4. The van der Waals surface area contributed by atoms with Gasteiger partial charge in [0.25, 0.3) is 0 Å². The molecule has 25 N–H and O–H groups in total. The van der Waals surface area contributed by atoms with Crippen LogP contribution >= 0.6 is 0 Å². The van der Waals surface area contributed by atoms with E-state index in [1.165, 1.54) is 76.2 Å². The third-order valence-electron chi connectivity index (χ3n) is 15.4. The van der Waals surface area contributed by atoms with E-state index in [0.29, 0.717) is 17.5 Å². The minimum absolute atomic E-state index is 0.0104. The maximum absolute atomic E-state index is 14.7. The monoisotopic (exact) mass is 1380 g/mol. The van der Waals surface area contributed by atoms with Crippen LogP contribution in [0.2, 0.25) is 0 Å². The number of hydrogen-bond donors (Lipinski definition) is 20. The third-order valence-corrected chi connectivity index (χ3v) is 15.4. The first kappa shape index (κ1) is 81.7. The quantitative estimate of drug-likeness (QED) is 0.0275. The second-order valence-electron chi connectivity index (χ2n) is 23.7. The fourth-order valence-corrected chi connectivity index (χ4v) is 9.90. The van der Waals surface area contributed by atoms with E-state index in [1.807, 2.05) is 0 Å². The van der Waals surface area contributed by atoms with Crippen LogP contribution in [0.4, 0.5) is 0 Å². The molecule has 0 aromatic heterocycles. The van der Waals surface area contributed by atoms with Gasteiger partial charge in [0.15, 0.2) is 0 Å². The summed E-state index contributed by atoms with van der Waals surface area (Å²) in [6, 6.07) is -8.00. The summed E-state index contributed by atoms with van der Waals surface area (Å²) in [6.07, 6.45) is -3.58. The van der Waals surface area contributed by atoms with Crippen molar-refractivity contribution in [3.63, 3.8) is 0 Å². The van der Waals surface area contributed by atoms with Crippen molar-refractivity contribution in [2.75, 3.05) is 19.7 Å². The number of amides is 14. The van der Waals surface area contributed by atoms with Gasteiger partial charge in [0, 0.05) is 32.2 Å². The molecule has 1 fully saturated rings. The minimum atomic E-state index is -1.75. The molecule has 1 heterocycles. The Hall–Kier alpha value is -10.6. The van der Waals surface area contributed by atoms with Gasteiger partial charge in [-0.2, -0.15) is 0 Å². The van der Waals surface area contributed by atoms with Crippen LogP contribution in [0.3, 0.4) is 0 Å². The number of benzene rings is 2. The second-order valence-corrected chi connectivity index (χ2v) is 23.7. The summed E-state index contributed by atoms with van der Waals surface area (Å²) in [4.78, 5) is 213. The predicted octanol–water partition coefficient (Wildman–Crippen LogP) is -7.17. The highest BCUT2D eigenvalue weighted by molar-refractivity contribution is 6.00. The van der Waals surface area contributed by atoms with E-state index in [2.05, 4.69) is 53.2 Å². The number of nitrogens with zero attached hydrogens (tertiary/aromatic N) is 1. The molecule has 1 aliphatic rings. The largest absolute Gasteiger partial charge is 0.508 e. The summed E-state index contributed by atoms with van der Waals surface area (Å²) in [5.41, 5.74) is 28.2. The number of likely N-dealkylation sites (tertiary alicyclic amines) is 1. The second kappa shape index (κ2) is 40.1. The fourth-order valence-electron chi connectivity index (χ4n) is 9.90. The number of carbonyl (C=O) groups excluding carboxylic acids is 14. The molecule has 1 aliphatic heterocycles. The fraction of sp³-hybridized carbons (Fsp3) is 0.541. The molecular weight excluding hydrogens is 1290 g/mol. The van der Waals surface area contributed by atoms with Gasteiger partial charge >= 0.3 is 11.9 Å². The van der Waals surface area contributed by atoms with E-state index in [-0.39, 0.29) is 63.1 Å². The van der Waals surface area contributed by atoms with E-state index in [9.17, 15) is 102 Å². The lowest BCUT2D eigenvalue weighted by atomic mass is 10.0. The Morgan fingerprint density at radius 2 is 0.929 bits per heavy atom. The zero-order valence-electron chi connectivity index (χ0n) is 54.5. The number of carboxylic acids is 2. The first-order valence-corrected chi connectivity index (χ1v) is 31.3. The van der Waals surface area contributed by atoms with E-state index in [4.69, 9.17) is 28.7 Å². The predicted molar refractivity (Wildman–Crippen MR) is 342 cm³/mol. The van der Waals surface area contributed by atoms with Gasteiger partial charge < -0.3 is 112 Å². The van der Waals surface area contributed by atoms with E-state index in [0.717, 1.165) is 4.90 Å². The number of phenols is 2. The van der Waals surface area contributed by atoms with Gasteiger partial charge in [0.1, 0.15) is 78.0 Å². The van der Waals surface area contributed by atoms with Gasteiger partial charge in [-0.05, 0) is 107 Å². The zero-order valence-corrected chi connectivity index (χ0v) is 54.5. The molecule has 2 aromatic carbocycles. The molecule has 98 heavy (non-hydrogen) atoms. The molecule has 0 saturated carbocycles. The molecule has 12 atom stereocenters. The highest BCUT2D eigenvalue weighted by Gasteiger charge is 2.41. The maximum atomic E-state index is 14.7. The van der Waals surface area contributed by atoms with Crippen molar-refractivity contribution >= 4 is 94.6 Å². The average Bonchev–Trinajstić information content (AvgIpc) is 1.61. The van der Waals surface area contributed by atoms with Crippen molar-refractivity contribution in [2.45, 2.75) is 184 Å². The van der Waals surface area contributed by atoms with Crippen LogP contribution in [0.5, 0.6) is 11.5 Å². The molecule has 12 unspecified atom stereocenters. The number of aromatic hydroxyl groups is 2. The molecule has 0 spiro atoms. The number of aliphatic hydroxyl groups is 1. The number of nitrogens with one attached hydrogen (secondary N) is 10. The van der Waals surface area contributed by atoms with Crippen LogP contribution in [0, 0.1) is 5.92 Å². The number of aliphatic carboxylic acids is 2. The Morgan fingerprint density at radius 3 is 1.41 bits per heavy atom. The Kier molecular flexibility index (Phi) is 33.4. The SMILES string of the molecule is CC(NC(=O)C(CCC(N)=O)NC(=O)C(C)NC(=O)C(Cc1ccc(O)cc1)NC(=O)C(CCCCN)NC(=O)C(CCC(=O)O)NC(=O)C(N)CC(N)=O)C(=O)NC(Cc1ccc(O)cc1)C(=O)N1CCCC1C(=O)NC(CC(N)=O)C(=O)NC(C(=O)NC(CO)C(=O)O)C(C)C. The number of unbranched alkanes of at least 4 members (excludes halogenated alkanes) is 1. The number of rotatable bonds is 42. The van der Waals surface area contributed by atoms with E-state index >= 15 is 0 Å². The molecule has 3 rings (SSSR count). The van der Waals surface area contributed by atoms with Crippen LogP contribution in [0.1, 0.15) is 109 Å². The number of hydrogen-bond acceptors (Lipinski definition) is 21. The Labute approximate surface area is 562 Å². The minimum Gasteiger partial charge on any atom is -0.508 e. The standard InChI is InChI=1S/C61H90N16O21/c1-29(2)49(59(95)75-43(28-78)61(97)98)76-57(93)41(27-47(66)83)73-58(94)44-9-7-23-77(44)60(96)42(25-33-12-16-35(80)17-13-33)74-51(87)31(4)67-53(89)38(18-20-45(64)81)69-50(86)30(3)68-56(92)40(24-32-10-14-34(79)15-11-32)72-54(90)37(8-5-6-22-62)71-55(91)39(19-21-48(84)85)70-52(88)36(63)26-46(65)82/h10-17,29-31,36-44,49,78-80H,5-9,18-28,62-63H2,1-4H3,(H2,64,81)(H2,65,82)(H2,66,83)(H,67,89)(H,68,92)(H,69,86)(H,70,88)(H,71,91)(H,72,90)(H,73,94)(H,74,87)(H,75,95)(H,76,93)(H,84,85)(H,97,98). The summed E-state index contributed by atoms with van der Waals surface area (Å²) in [7, 11) is 0. The normalized spacial score (nSPS) is 16.0. The molecule has 2 aromatic rings. The molecule has 37 nitrogen and oxygen atoms in total. The number of aliphatic hydroxyl groups excluding tert-OH is 1. The summed E-state index contributed by atoms with van der Waals surface area (Å²) in [5, 5.41) is 72.1. The first-order chi connectivity index (χ1) is 46.0. The van der Waals surface area contributed by atoms with Crippen LogP contribution in [0.15, 0.2) is 48.5 Å². The van der Waals surface area contributed by atoms with Crippen molar-refractivity contribution in [1.29, 1.82) is 0 Å². The summed E-state index contributed by atoms with van der Waals surface area (Å²) in [6.45, 7) is 4.44. The van der Waals surface area contributed by atoms with Gasteiger partial charge in [-0.25, -0.2) is 4.79 Å². The first-order valence-electron chi connectivity index (χ1n) is 31.3. The molecular formula is C61H90N16O21. The van der Waals surface area contributed by atoms with Crippen LogP contribution in [-0.2, 0) is 89.6 Å². The molecule has 0 radical (unpaired) electrons. The van der Waals surface area contributed by atoms with E-state index in [1.54, 1.807) is 0 Å². The summed E-state index contributed by atoms with van der Waals surface area (Å²) >= 11 is 0. The van der Waals surface area contributed by atoms with Crippen molar-refractivity contribution in [2.24, 2.45) is 34.6 Å². The number of nitrogens with two attached hydrogens (primary N) is 5. The zero-order chi connectivity index (χ0) is 73.7. The molecule has 0 aliphatic carbocycles. The number of phenolic OH excluding ortho intramolecular Hbond substituents is 2. The van der Waals surface area contributed by atoms with Crippen molar-refractivity contribution < 1.29 is 102 Å². The summed E-state index contributed by atoms with van der Waals surface area (Å²) in [5.74, 6) is -18.1. The molecule has 37 heteroatoms. The van der Waals surface area contributed by atoms with Gasteiger partial charge in [-0.1, -0.05) is 38.1 Å². The topological polar surface area (TPSA) is 628 Å². The van der Waals surface area contributed by atoms with Crippen LogP contribution < -0.4 is 81.8 Å². The van der Waals surface area contributed by atoms with Crippen molar-refractivity contribution in [3.05, 3.63) is 59.7 Å². The van der Waals surface area contributed by atoms with Gasteiger partial charge in [0.2, 0.25) is 82.7 Å². The van der Waals surface area contributed by atoms with Crippen molar-refractivity contribution in [3.8, 4) is 11.5 Å². The Morgan fingerprint density at radius 1 is 0.490 bits per heavy atom. The Balaban J connectivity index is 1.88. The molecule has 14 amide bonds. The third kappa shape index (κ3) is 27.6.